The summed E-state index contributed by atoms with van der Waals surface area (Å²) < 4.78 is 7.47. The van der Waals surface area contributed by atoms with Gasteiger partial charge >= 0.3 is 0 Å². The van der Waals surface area contributed by atoms with Crippen molar-refractivity contribution in [3.8, 4) is 5.75 Å². The first-order valence-electron chi connectivity index (χ1n) is 7.72. The molecule has 1 N–H and O–H groups in total. The standard InChI is InChI=1S/C18H21N5O/c1-11(2)12(3)13-6-17(24-5)15(9-19-13)22-18-7-16-14(8-20-18)21-10-23(16)4/h6-10H,1-5H3,(H,20,22). The number of methoxy groups -OCH3 is 1. The zero-order valence-electron chi connectivity index (χ0n) is 14.6. The van der Waals surface area contributed by atoms with E-state index in [0.29, 0.717) is 0 Å². The quantitative estimate of drug-likeness (QED) is 0.788. The molecule has 0 aromatic carbocycles. The minimum absolute atomic E-state index is 0.720. The summed E-state index contributed by atoms with van der Waals surface area (Å²) in [5.74, 6) is 1.45. The summed E-state index contributed by atoms with van der Waals surface area (Å²) in [6, 6.07) is 3.89. The molecule has 0 unspecified atom stereocenters. The molecule has 24 heavy (non-hydrogen) atoms. The maximum atomic E-state index is 5.51. The number of imidazole rings is 1. The summed E-state index contributed by atoms with van der Waals surface area (Å²) in [6.45, 7) is 6.20. The Labute approximate surface area is 141 Å². The molecule has 0 aliphatic carbocycles. The normalized spacial score (nSPS) is 10.7. The van der Waals surface area contributed by atoms with Gasteiger partial charge in [-0.2, -0.15) is 0 Å². The molecular formula is C18H21N5O. The van der Waals surface area contributed by atoms with E-state index in [9.17, 15) is 0 Å². The Morgan fingerprint density at radius 1 is 1.08 bits per heavy atom. The Morgan fingerprint density at radius 2 is 1.88 bits per heavy atom. The zero-order valence-corrected chi connectivity index (χ0v) is 14.6. The molecule has 0 spiro atoms. The molecule has 0 bridgehead atoms. The first kappa shape index (κ1) is 16.0. The molecule has 0 amide bonds. The van der Waals surface area contributed by atoms with E-state index in [1.807, 2.05) is 23.7 Å². The fourth-order valence-corrected chi connectivity index (χ4v) is 2.40. The molecule has 6 heteroatoms. The summed E-state index contributed by atoms with van der Waals surface area (Å²) in [5.41, 5.74) is 5.94. The van der Waals surface area contributed by atoms with Gasteiger partial charge in [-0.05, 0) is 26.3 Å². The van der Waals surface area contributed by atoms with Crippen LogP contribution < -0.4 is 10.1 Å². The van der Waals surface area contributed by atoms with Crippen molar-refractivity contribution in [3.63, 3.8) is 0 Å². The predicted molar refractivity (Wildman–Crippen MR) is 96.5 cm³/mol. The first-order valence-corrected chi connectivity index (χ1v) is 7.72. The molecule has 3 aromatic rings. The third-order valence-electron chi connectivity index (χ3n) is 4.09. The average molecular weight is 323 g/mol. The van der Waals surface area contributed by atoms with E-state index in [1.165, 1.54) is 5.57 Å². The van der Waals surface area contributed by atoms with Gasteiger partial charge in [0.1, 0.15) is 22.8 Å². The lowest BCUT2D eigenvalue weighted by atomic mass is 10.1. The van der Waals surface area contributed by atoms with E-state index in [4.69, 9.17) is 4.74 Å². The van der Waals surface area contributed by atoms with Crippen molar-refractivity contribution < 1.29 is 4.74 Å². The van der Waals surface area contributed by atoms with E-state index >= 15 is 0 Å². The highest BCUT2D eigenvalue weighted by Crippen LogP contribution is 2.30. The van der Waals surface area contributed by atoms with Gasteiger partial charge in [-0.3, -0.25) is 4.98 Å². The van der Waals surface area contributed by atoms with Crippen molar-refractivity contribution in [2.75, 3.05) is 12.4 Å². The molecule has 0 saturated carbocycles. The Bertz CT molecular complexity index is 922. The van der Waals surface area contributed by atoms with E-state index in [0.717, 1.165) is 39.6 Å². The maximum absolute atomic E-state index is 5.51. The van der Waals surface area contributed by atoms with Crippen LogP contribution in [-0.4, -0.2) is 26.6 Å². The summed E-state index contributed by atoms with van der Waals surface area (Å²) >= 11 is 0. The lowest BCUT2D eigenvalue weighted by Gasteiger charge is -2.12. The Balaban J connectivity index is 1.96. The predicted octanol–water partition coefficient (Wildman–Crippen LogP) is 3.93. The van der Waals surface area contributed by atoms with E-state index in [1.54, 1.807) is 25.8 Å². The number of fused-ring (bicyclic) bond motifs is 1. The van der Waals surface area contributed by atoms with Gasteiger partial charge in [-0.15, -0.1) is 0 Å². The van der Waals surface area contributed by atoms with Gasteiger partial charge in [-0.1, -0.05) is 5.57 Å². The number of aryl methyl sites for hydroxylation is 1. The van der Waals surface area contributed by atoms with Crippen LogP contribution in [0.2, 0.25) is 0 Å². The minimum Gasteiger partial charge on any atom is -0.494 e. The molecule has 3 heterocycles. The highest BCUT2D eigenvalue weighted by atomic mass is 16.5. The number of pyridine rings is 2. The van der Waals surface area contributed by atoms with Crippen LogP contribution in [-0.2, 0) is 7.05 Å². The average Bonchev–Trinajstić information content (AvgIpc) is 2.95. The molecule has 0 fully saturated rings. The van der Waals surface area contributed by atoms with E-state index < -0.39 is 0 Å². The molecule has 3 rings (SSSR count). The van der Waals surface area contributed by atoms with Crippen LogP contribution in [0.3, 0.4) is 0 Å². The highest BCUT2D eigenvalue weighted by molar-refractivity contribution is 5.79. The number of anilines is 2. The number of allylic oxidation sites excluding steroid dienone is 2. The van der Waals surface area contributed by atoms with Gasteiger partial charge in [0.15, 0.2) is 0 Å². The number of rotatable bonds is 4. The summed E-state index contributed by atoms with van der Waals surface area (Å²) in [5, 5.41) is 3.27. The number of aromatic nitrogens is 4. The Morgan fingerprint density at radius 3 is 2.58 bits per heavy atom. The fourth-order valence-electron chi connectivity index (χ4n) is 2.40. The topological polar surface area (TPSA) is 64.9 Å². The van der Waals surface area contributed by atoms with Gasteiger partial charge in [-0.25, -0.2) is 9.97 Å². The first-order chi connectivity index (χ1) is 11.5. The van der Waals surface area contributed by atoms with Gasteiger partial charge in [0, 0.05) is 19.2 Å². The second-order valence-electron chi connectivity index (χ2n) is 5.93. The van der Waals surface area contributed by atoms with Gasteiger partial charge in [0.25, 0.3) is 0 Å². The van der Waals surface area contributed by atoms with Crippen LogP contribution in [0.5, 0.6) is 5.75 Å². The van der Waals surface area contributed by atoms with Crippen molar-refractivity contribution in [2.24, 2.45) is 7.05 Å². The van der Waals surface area contributed by atoms with Gasteiger partial charge in [0.05, 0.1) is 37.0 Å². The number of nitrogens with one attached hydrogen (secondary N) is 1. The van der Waals surface area contributed by atoms with Crippen LogP contribution in [0.1, 0.15) is 26.5 Å². The lowest BCUT2D eigenvalue weighted by molar-refractivity contribution is 0.416. The second-order valence-corrected chi connectivity index (χ2v) is 5.93. The van der Waals surface area contributed by atoms with Crippen LogP contribution in [0.15, 0.2) is 36.4 Å². The van der Waals surface area contributed by atoms with Crippen molar-refractivity contribution >= 4 is 28.1 Å². The molecule has 0 aliphatic rings. The molecule has 3 aromatic heterocycles. The molecule has 0 radical (unpaired) electrons. The smallest absolute Gasteiger partial charge is 0.146 e. The minimum atomic E-state index is 0.720. The van der Waals surface area contributed by atoms with Crippen molar-refractivity contribution in [2.45, 2.75) is 20.8 Å². The summed E-state index contributed by atoms with van der Waals surface area (Å²) in [7, 11) is 3.61. The third-order valence-corrected chi connectivity index (χ3v) is 4.09. The number of nitrogens with zero attached hydrogens (tertiary/aromatic N) is 4. The molecular weight excluding hydrogens is 302 g/mol. The van der Waals surface area contributed by atoms with Crippen molar-refractivity contribution in [1.29, 1.82) is 0 Å². The van der Waals surface area contributed by atoms with E-state index in [2.05, 4.69) is 41.0 Å². The molecule has 0 aliphatic heterocycles. The number of hydrogen-bond donors (Lipinski definition) is 1. The molecule has 0 saturated heterocycles. The van der Waals surface area contributed by atoms with Crippen LogP contribution in [0, 0.1) is 0 Å². The molecule has 124 valence electrons. The highest BCUT2D eigenvalue weighted by Gasteiger charge is 2.10. The molecule has 6 nitrogen and oxygen atoms in total. The van der Waals surface area contributed by atoms with Crippen LogP contribution in [0.25, 0.3) is 16.6 Å². The van der Waals surface area contributed by atoms with Crippen molar-refractivity contribution in [1.82, 2.24) is 19.5 Å². The lowest BCUT2D eigenvalue weighted by Crippen LogP contribution is -2.00. The van der Waals surface area contributed by atoms with Gasteiger partial charge < -0.3 is 14.6 Å². The van der Waals surface area contributed by atoms with E-state index in [-0.39, 0.29) is 0 Å². The summed E-state index contributed by atoms with van der Waals surface area (Å²) in [4.78, 5) is 13.2. The Hall–Kier alpha value is -2.89. The SMILES string of the molecule is COc1cc(C(C)=C(C)C)ncc1Nc1cc2c(cn1)ncn2C. The van der Waals surface area contributed by atoms with Crippen molar-refractivity contribution in [3.05, 3.63) is 42.1 Å². The maximum Gasteiger partial charge on any atom is 0.146 e. The fraction of sp³-hybridized carbons (Fsp3) is 0.278. The third kappa shape index (κ3) is 2.95. The van der Waals surface area contributed by atoms with Gasteiger partial charge in [0.2, 0.25) is 0 Å². The van der Waals surface area contributed by atoms with Crippen LogP contribution >= 0.6 is 0 Å². The van der Waals surface area contributed by atoms with Crippen LogP contribution in [0.4, 0.5) is 11.5 Å². The largest absolute Gasteiger partial charge is 0.494 e. The number of ether oxygens (including phenoxy) is 1. The Kier molecular flexibility index (Phi) is 4.20. The second kappa shape index (κ2) is 6.31. The monoisotopic (exact) mass is 323 g/mol. The molecule has 0 atom stereocenters. The summed E-state index contributed by atoms with van der Waals surface area (Å²) in [6.07, 6.45) is 5.30. The number of hydrogen-bond acceptors (Lipinski definition) is 5. The zero-order chi connectivity index (χ0) is 17.3.